The van der Waals surface area contributed by atoms with Crippen LogP contribution in [0.15, 0.2) is 65.4 Å². The number of H-pyrrole nitrogens is 2. The molecule has 0 amide bonds. The molecule has 182 valence electrons. The van der Waals surface area contributed by atoms with E-state index in [0.717, 1.165) is 39.5 Å². The molecule has 0 unspecified atom stereocenters. The minimum atomic E-state index is -3.99. The van der Waals surface area contributed by atoms with Crippen molar-refractivity contribution in [1.29, 1.82) is 0 Å². The van der Waals surface area contributed by atoms with Crippen molar-refractivity contribution < 1.29 is 16.8 Å². The third kappa shape index (κ3) is 3.63. The molecule has 0 atom stereocenters. The maximum atomic E-state index is 12.5. The van der Waals surface area contributed by atoms with Gasteiger partial charge in [-0.1, -0.05) is 18.2 Å². The van der Waals surface area contributed by atoms with E-state index in [1.807, 2.05) is 29.6 Å². The quantitative estimate of drug-likeness (QED) is 0.339. The highest BCUT2D eigenvalue weighted by atomic mass is 32.2. The number of pyridine rings is 1. The van der Waals surface area contributed by atoms with Crippen LogP contribution in [0.3, 0.4) is 0 Å². The maximum absolute atomic E-state index is 12.5. The van der Waals surface area contributed by atoms with E-state index in [1.165, 1.54) is 12.4 Å². The maximum Gasteiger partial charge on any atom is 0.241 e. The Bertz CT molecular complexity index is 2000. The van der Waals surface area contributed by atoms with Crippen LogP contribution in [0, 0.1) is 0 Å². The van der Waals surface area contributed by atoms with E-state index >= 15 is 0 Å². The fourth-order valence-corrected chi connectivity index (χ4v) is 7.30. The van der Waals surface area contributed by atoms with Crippen LogP contribution in [0.4, 0.5) is 0 Å². The van der Waals surface area contributed by atoms with Crippen molar-refractivity contribution in [2.75, 3.05) is 12.5 Å². The first-order valence-corrected chi connectivity index (χ1v) is 15.2. The molecule has 0 aliphatic rings. The van der Waals surface area contributed by atoms with Crippen molar-refractivity contribution in [2.45, 2.75) is 5.16 Å². The summed E-state index contributed by atoms with van der Waals surface area (Å²) in [5.74, 6) is 0. The number of imidazole rings is 1. The van der Waals surface area contributed by atoms with Crippen LogP contribution in [-0.2, 0) is 19.9 Å². The first-order chi connectivity index (χ1) is 17.1. The Morgan fingerprint density at radius 1 is 0.917 bits per heavy atom. The van der Waals surface area contributed by atoms with Gasteiger partial charge in [-0.25, -0.2) is 25.8 Å². The van der Waals surface area contributed by atoms with Gasteiger partial charge in [-0.05, 0) is 29.6 Å². The van der Waals surface area contributed by atoms with Gasteiger partial charge in [-0.15, -0.1) is 11.3 Å². The fraction of sp³-hybridized carbons (Fsp3) is 0.0870. The summed E-state index contributed by atoms with van der Waals surface area (Å²) in [4.78, 5) is 12.8. The molecule has 0 saturated heterocycles. The minimum Gasteiger partial charge on any atom is -0.353 e. The number of fused-ring (bicyclic) bond motifs is 2. The molecule has 0 fully saturated rings. The van der Waals surface area contributed by atoms with Crippen LogP contribution >= 0.6 is 11.3 Å². The van der Waals surface area contributed by atoms with E-state index in [1.54, 1.807) is 17.4 Å². The average molecular weight is 539 g/mol. The van der Waals surface area contributed by atoms with Gasteiger partial charge in [0, 0.05) is 33.0 Å². The molecule has 0 spiro atoms. The van der Waals surface area contributed by atoms with E-state index < -0.39 is 25.0 Å². The van der Waals surface area contributed by atoms with E-state index in [0.29, 0.717) is 20.6 Å². The number of nitrogens with one attached hydrogen (secondary N) is 2. The first-order valence-electron chi connectivity index (χ1n) is 10.6. The predicted molar refractivity (Wildman–Crippen MR) is 139 cm³/mol. The van der Waals surface area contributed by atoms with Gasteiger partial charge in [0.25, 0.3) is 0 Å². The second kappa shape index (κ2) is 7.85. The van der Waals surface area contributed by atoms with E-state index in [-0.39, 0.29) is 11.4 Å². The van der Waals surface area contributed by atoms with Crippen LogP contribution in [0.25, 0.3) is 55.0 Å². The highest BCUT2D eigenvalue weighted by Crippen LogP contribution is 2.36. The molecule has 36 heavy (non-hydrogen) atoms. The van der Waals surface area contributed by atoms with Crippen LogP contribution in [0.5, 0.6) is 0 Å². The Morgan fingerprint density at radius 3 is 2.47 bits per heavy atom. The molecular weight excluding hydrogens is 520 g/mol. The molecule has 0 saturated carbocycles. The van der Waals surface area contributed by atoms with Crippen molar-refractivity contribution >= 4 is 53.0 Å². The molecule has 2 N–H and O–H groups in total. The Kier molecular flexibility index (Phi) is 4.94. The predicted octanol–water partition coefficient (Wildman–Crippen LogP) is 3.91. The van der Waals surface area contributed by atoms with Crippen molar-refractivity contribution in [3.05, 3.63) is 60.2 Å². The lowest BCUT2D eigenvalue weighted by atomic mass is 10.1. The van der Waals surface area contributed by atoms with E-state index in [4.69, 9.17) is 0 Å². The van der Waals surface area contributed by atoms with Gasteiger partial charge < -0.3 is 4.98 Å². The number of sulfone groups is 1. The molecule has 0 radical (unpaired) electrons. The molecule has 0 bridgehead atoms. The number of benzene rings is 1. The third-order valence-electron chi connectivity index (χ3n) is 5.77. The Morgan fingerprint density at radius 2 is 1.75 bits per heavy atom. The average Bonchev–Trinajstić information content (AvgIpc) is 3.61. The Hall–Kier alpha value is -3.81. The standard InChI is InChI=1S/C23H18N6O4S3/c1-35(30,31)23-25-12-20(29(23)36(2,32)33)17-10-15-19(11-24-17)27-28-22(15)18-9-14-13(21-7-4-8-34-21)5-3-6-16(14)26-18/h3-12,26H,1-2H3,(H,27,28). The Balaban J connectivity index is 1.54. The van der Waals surface area contributed by atoms with Crippen LogP contribution in [-0.4, -0.2) is 58.5 Å². The van der Waals surface area contributed by atoms with Crippen molar-refractivity contribution in [2.24, 2.45) is 0 Å². The van der Waals surface area contributed by atoms with Gasteiger partial charge in [-0.3, -0.25) is 10.1 Å². The second-order valence-corrected chi connectivity index (χ2v) is 13.0. The van der Waals surface area contributed by atoms with Gasteiger partial charge in [0.15, 0.2) is 0 Å². The topological polar surface area (TPSA) is 143 Å². The minimum absolute atomic E-state index is 0.0450. The van der Waals surface area contributed by atoms with Crippen LogP contribution < -0.4 is 0 Å². The summed E-state index contributed by atoms with van der Waals surface area (Å²) in [5.41, 5.74) is 4.38. The monoisotopic (exact) mass is 538 g/mol. The molecule has 6 rings (SSSR count). The summed E-state index contributed by atoms with van der Waals surface area (Å²) in [7, 11) is -7.89. The number of nitrogens with zero attached hydrogens (tertiary/aromatic N) is 4. The molecular formula is C23H18N6O4S3. The lowest BCUT2D eigenvalue weighted by Gasteiger charge is -2.08. The number of hydrogen-bond donors (Lipinski definition) is 2. The molecule has 6 aromatic rings. The molecule has 5 heterocycles. The molecule has 0 aliphatic heterocycles. The zero-order chi connectivity index (χ0) is 25.2. The molecule has 5 aromatic heterocycles. The number of rotatable bonds is 5. The van der Waals surface area contributed by atoms with Crippen LogP contribution in [0.2, 0.25) is 0 Å². The molecule has 13 heteroatoms. The molecule has 10 nitrogen and oxygen atoms in total. The zero-order valence-corrected chi connectivity index (χ0v) is 21.4. The van der Waals surface area contributed by atoms with Gasteiger partial charge in [-0.2, -0.15) is 5.10 Å². The van der Waals surface area contributed by atoms with Crippen molar-refractivity contribution in [3.63, 3.8) is 0 Å². The number of aromatic amines is 2. The fourth-order valence-electron chi connectivity index (χ4n) is 4.25. The number of thiophene rings is 1. The zero-order valence-electron chi connectivity index (χ0n) is 18.9. The molecule has 1 aromatic carbocycles. The lowest BCUT2D eigenvalue weighted by Crippen LogP contribution is -2.18. The van der Waals surface area contributed by atoms with Gasteiger partial charge >= 0.3 is 0 Å². The SMILES string of the molecule is CS(=O)(=O)c1ncc(-c2cc3c(-c4cc5c(-c6cccs6)cccc5[nH]4)n[nH]c3cn2)n1S(C)(=O)=O. The van der Waals surface area contributed by atoms with Gasteiger partial charge in [0.05, 0.1) is 35.6 Å². The van der Waals surface area contributed by atoms with Gasteiger partial charge in [0.2, 0.25) is 25.0 Å². The highest BCUT2D eigenvalue weighted by Gasteiger charge is 2.26. The van der Waals surface area contributed by atoms with E-state index in [9.17, 15) is 16.8 Å². The van der Waals surface area contributed by atoms with Crippen LogP contribution in [0.1, 0.15) is 0 Å². The summed E-state index contributed by atoms with van der Waals surface area (Å²) in [5, 5.41) is 10.6. The third-order valence-corrected chi connectivity index (χ3v) is 8.77. The van der Waals surface area contributed by atoms with Gasteiger partial charge in [0.1, 0.15) is 11.4 Å². The lowest BCUT2D eigenvalue weighted by molar-refractivity contribution is 0.574. The largest absolute Gasteiger partial charge is 0.353 e. The van der Waals surface area contributed by atoms with E-state index in [2.05, 4.69) is 37.3 Å². The van der Waals surface area contributed by atoms with Crippen molar-refractivity contribution in [1.82, 2.24) is 29.1 Å². The first kappa shape index (κ1) is 22.6. The summed E-state index contributed by atoms with van der Waals surface area (Å²) in [6.45, 7) is 0. The summed E-state index contributed by atoms with van der Waals surface area (Å²) in [6.07, 6.45) is 4.55. The highest BCUT2D eigenvalue weighted by molar-refractivity contribution is 7.92. The molecule has 0 aliphatic carbocycles. The summed E-state index contributed by atoms with van der Waals surface area (Å²) < 4.78 is 50.0. The smallest absolute Gasteiger partial charge is 0.241 e. The normalized spacial score (nSPS) is 12.6. The van der Waals surface area contributed by atoms with Crippen molar-refractivity contribution in [3.8, 4) is 33.2 Å². The second-order valence-electron chi connectivity index (χ2n) is 8.34. The summed E-state index contributed by atoms with van der Waals surface area (Å²) >= 11 is 1.66. The Labute approximate surface area is 209 Å². The summed E-state index contributed by atoms with van der Waals surface area (Å²) in [6, 6.07) is 13.8. The number of hydrogen-bond acceptors (Lipinski definition) is 8. The number of aromatic nitrogens is 6.